The summed E-state index contributed by atoms with van der Waals surface area (Å²) >= 11 is 0. The average Bonchev–Trinajstić information content (AvgIpc) is 2.52. The molecule has 3 heteroatoms. The molecule has 0 aliphatic heterocycles. The summed E-state index contributed by atoms with van der Waals surface area (Å²) in [4.78, 5) is 0. The van der Waals surface area contributed by atoms with Crippen molar-refractivity contribution in [3.63, 3.8) is 0 Å². The third-order valence-electron chi connectivity index (χ3n) is 1.67. The van der Waals surface area contributed by atoms with E-state index in [-0.39, 0.29) is 0 Å². The summed E-state index contributed by atoms with van der Waals surface area (Å²) in [5.41, 5.74) is -0.427. The van der Waals surface area contributed by atoms with Crippen molar-refractivity contribution in [1.29, 1.82) is 0 Å². The number of hydrogen-bond acceptors (Lipinski definition) is 3. The van der Waals surface area contributed by atoms with Crippen LogP contribution in [0.25, 0.3) is 0 Å². The van der Waals surface area contributed by atoms with E-state index in [1.807, 2.05) is 13.8 Å². The molecular formula is C9H11NO2. The van der Waals surface area contributed by atoms with Crippen molar-refractivity contribution in [2.75, 3.05) is 7.11 Å². The fourth-order valence-corrected chi connectivity index (χ4v) is 0.721. The molecule has 0 saturated carbocycles. The minimum absolute atomic E-state index is 0.427. The predicted octanol–water partition coefficient (Wildman–Crippen LogP) is 1.59. The number of nitrogens with zero attached hydrogens (tertiary/aromatic N) is 1. The third kappa shape index (κ3) is 1.42. The second kappa shape index (κ2) is 2.90. The van der Waals surface area contributed by atoms with E-state index in [0.29, 0.717) is 11.6 Å². The highest BCUT2D eigenvalue weighted by Gasteiger charge is 2.22. The van der Waals surface area contributed by atoms with Crippen molar-refractivity contribution in [3.8, 4) is 18.2 Å². The Hall–Kier alpha value is -1.43. The van der Waals surface area contributed by atoms with Gasteiger partial charge in [-0.1, -0.05) is 5.92 Å². The number of aromatic nitrogens is 1. The highest BCUT2D eigenvalue weighted by molar-refractivity contribution is 5.26. The minimum atomic E-state index is -0.427. The molecule has 64 valence electrons. The van der Waals surface area contributed by atoms with Gasteiger partial charge in [0.2, 0.25) is 0 Å². The standard InChI is InChI=1S/C9H11NO2/c1-5-9(2,3)7-6-8(11-4)10-12-7/h1,6H,2-4H3. The first-order chi connectivity index (χ1) is 5.60. The maximum Gasteiger partial charge on any atom is 0.254 e. The summed E-state index contributed by atoms with van der Waals surface area (Å²) in [7, 11) is 1.53. The van der Waals surface area contributed by atoms with E-state index in [1.165, 1.54) is 7.11 Å². The predicted molar refractivity (Wildman–Crippen MR) is 44.9 cm³/mol. The lowest BCUT2D eigenvalue weighted by atomic mass is 9.92. The molecule has 0 radical (unpaired) electrons. The number of terminal acetylenes is 1. The van der Waals surface area contributed by atoms with Crippen molar-refractivity contribution in [1.82, 2.24) is 5.16 Å². The highest BCUT2D eigenvalue weighted by atomic mass is 16.5. The van der Waals surface area contributed by atoms with Crippen LogP contribution in [0.5, 0.6) is 5.88 Å². The van der Waals surface area contributed by atoms with Crippen molar-refractivity contribution >= 4 is 0 Å². The largest absolute Gasteiger partial charge is 0.479 e. The summed E-state index contributed by atoms with van der Waals surface area (Å²) < 4.78 is 9.85. The fourth-order valence-electron chi connectivity index (χ4n) is 0.721. The van der Waals surface area contributed by atoms with Crippen LogP contribution in [-0.4, -0.2) is 12.3 Å². The molecule has 0 N–H and O–H groups in total. The van der Waals surface area contributed by atoms with Gasteiger partial charge in [-0.05, 0) is 19.0 Å². The van der Waals surface area contributed by atoms with Gasteiger partial charge in [-0.15, -0.1) is 6.42 Å². The number of rotatable bonds is 2. The van der Waals surface area contributed by atoms with Gasteiger partial charge in [-0.3, -0.25) is 0 Å². The molecule has 0 atom stereocenters. The lowest BCUT2D eigenvalue weighted by Gasteiger charge is -2.10. The average molecular weight is 165 g/mol. The Kier molecular flexibility index (Phi) is 2.09. The molecule has 1 aromatic heterocycles. The van der Waals surface area contributed by atoms with Crippen LogP contribution in [0.4, 0.5) is 0 Å². The van der Waals surface area contributed by atoms with E-state index in [2.05, 4.69) is 11.1 Å². The van der Waals surface area contributed by atoms with Gasteiger partial charge >= 0.3 is 0 Å². The van der Waals surface area contributed by atoms with Gasteiger partial charge < -0.3 is 9.26 Å². The minimum Gasteiger partial charge on any atom is -0.479 e. The molecule has 1 heterocycles. The van der Waals surface area contributed by atoms with Gasteiger partial charge in [0.1, 0.15) is 0 Å². The van der Waals surface area contributed by atoms with Crippen molar-refractivity contribution < 1.29 is 9.26 Å². The van der Waals surface area contributed by atoms with E-state index in [9.17, 15) is 0 Å². The first kappa shape index (κ1) is 8.66. The summed E-state index contributed by atoms with van der Waals surface area (Å²) in [6, 6.07) is 1.69. The molecule has 0 fully saturated rings. The lowest BCUT2D eigenvalue weighted by molar-refractivity contribution is 0.311. The fraction of sp³-hybridized carbons (Fsp3) is 0.444. The van der Waals surface area contributed by atoms with E-state index in [0.717, 1.165) is 0 Å². The monoisotopic (exact) mass is 165 g/mol. The SMILES string of the molecule is C#CC(C)(C)c1cc(OC)no1. The van der Waals surface area contributed by atoms with Crippen LogP contribution in [0.1, 0.15) is 19.6 Å². The molecular weight excluding hydrogens is 154 g/mol. The van der Waals surface area contributed by atoms with E-state index < -0.39 is 5.41 Å². The first-order valence-corrected chi connectivity index (χ1v) is 3.59. The molecule has 0 aliphatic rings. The molecule has 0 saturated heterocycles. The van der Waals surface area contributed by atoms with Crippen LogP contribution in [0.2, 0.25) is 0 Å². The van der Waals surface area contributed by atoms with Gasteiger partial charge in [-0.25, -0.2) is 0 Å². The highest BCUT2D eigenvalue weighted by Crippen LogP contribution is 2.24. The van der Waals surface area contributed by atoms with Gasteiger partial charge in [-0.2, -0.15) is 0 Å². The van der Waals surface area contributed by atoms with E-state index in [4.69, 9.17) is 15.7 Å². The van der Waals surface area contributed by atoms with Crippen LogP contribution in [0.3, 0.4) is 0 Å². The third-order valence-corrected chi connectivity index (χ3v) is 1.67. The molecule has 0 amide bonds. The van der Waals surface area contributed by atoms with Crippen LogP contribution in [0, 0.1) is 12.3 Å². The van der Waals surface area contributed by atoms with Crippen molar-refractivity contribution in [2.45, 2.75) is 19.3 Å². The molecule has 1 aromatic rings. The molecule has 0 bridgehead atoms. The summed E-state index contributed by atoms with van der Waals surface area (Å²) in [6.45, 7) is 3.76. The van der Waals surface area contributed by atoms with Crippen LogP contribution in [0.15, 0.2) is 10.6 Å². The molecule has 0 unspecified atom stereocenters. The topological polar surface area (TPSA) is 35.3 Å². The van der Waals surface area contributed by atoms with Crippen molar-refractivity contribution in [3.05, 3.63) is 11.8 Å². The smallest absolute Gasteiger partial charge is 0.254 e. The molecule has 0 aromatic carbocycles. The number of ether oxygens (including phenoxy) is 1. The van der Waals surface area contributed by atoms with Gasteiger partial charge in [0.25, 0.3) is 5.88 Å². The van der Waals surface area contributed by atoms with Crippen LogP contribution < -0.4 is 4.74 Å². The quantitative estimate of drug-likeness (QED) is 0.624. The Morgan fingerprint density at radius 2 is 2.33 bits per heavy atom. The Bertz CT molecular complexity index is 307. The van der Waals surface area contributed by atoms with Crippen LogP contribution in [-0.2, 0) is 5.41 Å². The molecule has 3 nitrogen and oxygen atoms in total. The normalized spacial score (nSPS) is 10.8. The zero-order valence-electron chi connectivity index (χ0n) is 7.42. The van der Waals surface area contributed by atoms with Gasteiger partial charge in [0.05, 0.1) is 12.5 Å². The molecule has 1 rings (SSSR count). The zero-order valence-corrected chi connectivity index (χ0v) is 7.42. The maximum absolute atomic E-state index is 5.31. The summed E-state index contributed by atoms with van der Waals surface area (Å²) in [6.07, 6.45) is 5.31. The van der Waals surface area contributed by atoms with Crippen molar-refractivity contribution in [2.24, 2.45) is 0 Å². The molecule has 12 heavy (non-hydrogen) atoms. The lowest BCUT2D eigenvalue weighted by Crippen LogP contribution is -2.12. The summed E-state index contributed by atoms with van der Waals surface area (Å²) in [5, 5.41) is 3.66. The summed E-state index contributed by atoms with van der Waals surface area (Å²) in [5.74, 6) is 3.70. The second-order valence-corrected chi connectivity index (χ2v) is 3.00. The first-order valence-electron chi connectivity index (χ1n) is 3.59. The Balaban J connectivity index is 2.98. The second-order valence-electron chi connectivity index (χ2n) is 3.00. The van der Waals surface area contributed by atoms with E-state index in [1.54, 1.807) is 6.07 Å². The van der Waals surface area contributed by atoms with E-state index >= 15 is 0 Å². The molecule has 0 spiro atoms. The Labute approximate surface area is 71.7 Å². The van der Waals surface area contributed by atoms with Gasteiger partial charge in [0.15, 0.2) is 5.76 Å². The van der Waals surface area contributed by atoms with Gasteiger partial charge in [0, 0.05) is 6.07 Å². The Morgan fingerprint density at radius 3 is 2.75 bits per heavy atom. The maximum atomic E-state index is 5.31. The molecule has 0 aliphatic carbocycles. The number of methoxy groups -OCH3 is 1. The van der Waals surface area contributed by atoms with Crippen LogP contribution >= 0.6 is 0 Å². The Morgan fingerprint density at radius 1 is 1.67 bits per heavy atom. The number of hydrogen-bond donors (Lipinski definition) is 0. The zero-order chi connectivity index (χ0) is 9.19.